The lowest BCUT2D eigenvalue weighted by molar-refractivity contribution is -0.462. The summed E-state index contributed by atoms with van der Waals surface area (Å²) in [5.41, 5.74) is -11.4. The zero-order valence-electron chi connectivity index (χ0n) is 31.6. The van der Waals surface area contributed by atoms with Crippen LogP contribution in [-0.2, 0) is 17.4 Å². The largest absolute Gasteiger partial charge is 0.460 e. The maximum absolute atomic E-state index is 15.0. The van der Waals surface area contributed by atoms with Crippen LogP contribution in [0.15, 0.2) is 48.5 Å². The molecule has 69 heavy (non-hydrogen) atoms. The van der Waals surface area contributed by atoms with Gasteiger partial charge in [0.15, 0.2) is 0 Å². The maximum atomic E-state index is 15.0. The quantitative estimate of drug-likeness (QED) is 0.155. The molecule has 0 amide bonds. The summed E-state index contributed by atoms with van der Waals surface area (Å²) < 4.78 is 469. The van der Waals surface area contributed by atoms with Gasteiger partial charge >= 0.3 is 95.3 Å². The summed E-state index contributed by atoms with van der Waals surface area (Å²) in [4.78, 5) is 0. The molecule has 0 aromatic heterocycles. The monoisotopic (exact) mass is 1090 g/mol. The van der Waals surface area contributed by atoms with Crippen LogP contribution in [0, 0.1) is 0 Å². The van der Waals surface area contributed by atoms with Gasteiger partial charge in [0.2, 0.25) is 0 Å². The van der Waals surface area contributed by atoms with Gasteiger partial charge in [-0.2, -0.15) is 149 Å². The molecule has 0 bridgehead atoms. The van der Waals surface area contributed by atoms with Crippen molar-refractivity contribution in [2.24, 2.45) is 0 Å². The van der Waals surface area contributed by atoms with Crippen molar-refractivity contribution in [3.8, 4) is 0 Å². The predicted octanol–water partition coefficient (Wildman–Crippen LogP) is 13.6. The first-order valence-corrected chi connectivity index (χ1v) is 17.1. The van der Waals surface area contributed by atoms with Crippen LogP contribution in [-0.4, -0.2) is 101 Å². The number of nitrogens with one attached hydrogen (secondary N) is 1. The molecule has 2 nitrogen and oxygen atoms in total. The van der Waals surface area contributed by atoms with Gasteiger partial charge in [0.25, 0.3) is 0 Å². The average Bonchev–Trinajstić information content (AvgIpc) is 3.75. The summed E-state index contributed by atoms with van der Waals surface area (Å²) in [5, 5.41) is 14.0. The average molecular weight is 1090 g/mol. The van der Waals surface area contributed by atoms with Crippen LogP contribution >= 0.6 is 0 Å². The van der Waals surface area contributed by atoms with Gasteiger partial charge < -0.3 is 10.4 Å². The van der Waals surface area contributed by atoms with E-state index >= 15 is 0 Å². The molecule has 0 saturated carbocycles. The zero-order chi connectivity index (χ0) is 54.9. The number of hydrogen-bond donors (Lipinski definition) is 2. The number of halogens is 34. The lowest BCUT2D eigenvalue weighted by Gasteiger charge is -2.43. The molecule has 0 aliphatic carbocycles. The van der Waals surface area contributed by atoms with Crippen molar-refractivity contribution in [1.82, 2.24) is 5.32 Å². The van der Waals surface area contributed by atoms with E-state index in [2.05, 4.69) is 5.32 Å². The second-order valence-corrected chi connectivity index (χ2v) is 14.6. The Morgan fingerprint density at radius 1 is 0.304 bits per heavy atom. The van der Waals surface area contributed by atoms with Crippen LogP contribution < -0.4 is 5.32 Å². The van der Waals surface area contributed by atoms with Gasteiger partial charge in [-0.25, -0.2) is 0 Å². The van der Waals surface area contributed by atoms with Crippen LogP contribution in [0.5, 0.6) is 0 Å². The SMILES string of the molecule is OC(c1ccc(C(F)(F)C(F)(F)C(F)(F)C(F)(F)C(F)(F)C(F)(F)C(F)(F)C(F)(F)F)cc1)(c1ccc(C(F)(F)C(F)(F)C(F)(F)C(F)(F)C(F)(F)C(F)(F)C(F)(F)C(F)(F)F)cc1)C1CCCN1. The van der Waals surface area contributed by atoms with Gasteiger partial charge in [0.05, 0.1) is 0 Å². The predicted molar refractivity (Wildman–Crippen MR) is 156 cm³/mol. The lowest BCUT2D eigenvalue weighted by Crippen LogP contribution is -2.74. The van der Waals surface area contributed by atoms with E-state index < -0.39 is 160 Å². The molecular weight excluding hydrogens is 1070 g/mol. The van der Waals surface area contributed by atoms with Crippen LogP contribution in [0.25, 0.3) is 0 Å². The highest BCUT2D eigenvalue weighted by Gasteiger charge is 2.97. The lowest BCUT2D eigenvalue weighted by atomic mass is 9.78. The molecule has 2 aromatic carbocycles. The zero-order valence-corrected chi connectivity index (χ0v) is 31.6. The standard InChI is InChI=1S/C33H17F34NO/c34-18(35,20(38,39)22(42,43)24(46,47)26(50,51)28(54,55)30(58,59)32(62,63)64)14-7-3-12(4-8-14)17(69,16-2-1-11-68-16)13-5-9-15(10-6-13)19(36,37)21(40,41)23(44,45)25(48,49)27(52,53)29(56,57)31(60,61)33(65,66)67/h3-10,16,68-69H,1-2,11H2. The second kappa shape index (κ2) is 16.2. The van der Waals surface area contributed by atoms with Crippen molar-refractivity contribution < 1.29 is 154 Å². The van der Waals surface area contributed by atoms with Gasteiger partial charge in [-0.05, 0) is 30.5 Å². The van der Waals surface area contributed by atoms with Gasteiger partial charge in [0.1, 0.15) is 5.60 Å². The Morgan fingerprint density at radius 2 is 0.507 bits per heavy atom. The van der Waals surface area contributed by atoms with Crippen LogP contribution in [0.4, 0.5) is 149 Å². The molecule has 1 unspecified atom stereocenters. The van der Waals surface area contributed by atoms with Crippen molar-refractivity contribution in [2.45, 2.75) is 120 Å². The highest BCUT2D eigenvalue weighted by Crippen LogP contribution is 2.67. The molecule has 3 rings (SSSR count). The summed E-state index contributed by atoms with van der Waals surface area (Å²) in [6.45, 7) is -0.276. The Morgan fingerprint density at radius 3 is 0.710 bits per heavy atom. The van der Waals surface area contributed by atoms with E-state index in [-0.39, 0.29) is 37.2 Å². The highest BCUT2D eigenvalue weighted by molar-refractivity contribution is 5.43. The summed E-state index contributed by atoms with van der Waals surface area (Å²) in [6.07, 6.45) is -16.7. The molecule has 1 heterocycles. The Balaban J connectivity index is 2.14. The van der Waals surface area contributed by atoms with Gasteiger partial charge in [-0.3, -0.25) is 0 Å². The first-order chi connectivity index (χ1) is 30.0. The van der Waals surface area contributed by atoms with Crippen LogP contribution in [0.1, 0.15) is 35.1 Å². The van der Waals surface area contributed by atoms with E-state index in [0.29, 0.717) is 0 Å². The minimum absolute atomic E-state index is 0.137. The second-order valence-electron chi connectivity index (χ2n) is 14.6. The third-order valence-electron chi connectivity index (χ3n) is 10.4. The van der Waals surface area contributed by atoms with Crippen LogP contribution in [0.3, 0.4) is 0 Å². The molecular formula is C33H17F34NO. The smallest absolute Gasteiger partial charge is 0.379 e. The van der Waals surface area contributed by atoms with Gasteiger partial charge in [-0.15, -0.1) is 0 Å². The minimum Gasteiger partial charge on any atom is -0.379 e. The van der Waals surface area contributed by atoms with Crippen LogP contribution in [0.2, 0.25) is 0 Å². The topological polar surface area (TPSA) is 32.3 Å². The van der Waals surface area contributed by atoms with Crippen molar-refractivity contribution >= 4 is 0 Å². The molecule has 1 saturated heterocycles. The van der Waals surface area contributed by atoms with Crippen molar-refractivity contribution in [3.05, 3.63) is 70.8 Å². The van der Waals surface area contributed by atoms with E-state index in [1.54, 1.807) is 0 Å². The Labute approximate surface area is 357 Å². The van der Waals surface area contributed by atoms with Crippen molar-refractivity contribution in [2.75, 3.05) is 6.54 Å². The summed E-state index contributed by atoms with van der Waals surface area (Å²) in [7, 11) is 0. The summed E-state index contributed by atoms with van der Waals surface area (Å²) in [6, 6.07) is -5.23. The first-order valence-electron chi connectivity index (χ1n) is 17.1. The molecule has 398 valence electrons. The Hall–Kier alpha value is -4.02. The van der Waals surface area contributed by atoms with Crippen molar-refractivity contribution in [1.29, 1.82) is 0 Å². The molecule has 1 fully saturated rings. The third-order valence-corrected chi connectivity index (χ3v) is 10.4. The molecule has 0 spiro atoms. The van der Waals surface area contributed by atoms with Crippen molar-refractivity contribution in [3.63, 3.8) is 0 Å². The molecule has 1 aliphatic rings. The number of hydrogen-bond acceptors (Lipinski definition) is 2. The van der Waals surface area contributed by atoms with Gasteiger partial charge in [0, 0.05) is 17.2 Å². The number of aliphatic hydroxyl groups is 1. The molecule has 2 aromatic rings. The minimum atomic E-state index is -9.00. The normalized spacial score (nSPS) is 18.3. The first kappa shape index (κ1) is 59.3. The van der Waals surface area contributed by atoms with E-state index in [4.69, 9.17) is 0 Å². The summed E-state index contributed by atoms with van der Waals surface area (Å²) >= 11 is 0. The number of alkyl halides is 34. The fourth-order valence-corrected chi connectivity index (χ4v) is 6.17. The third kappa shape index (κ3) is 7.67. The Kier molecular flexibility index (Phi) is 14.0. The summed E-state index contributed by atoms with van der Waals surface area (Å²) in [5.74, 6) is -119. The number of benzene rings is 2. The van der Waals surface area contributed by atoms with E-state index in [1.807, 2.05) is 0 Å². The van der Waals surface area contributed by atoms with E-state index in [9.17, 15) is 154 Å². The maximum Gasteiger partial charge on any atom is 0.460 e. The molecule has 1 atom stereocenters. The Bertz CT molecular complexity index is 2000. The molecule has 36 heteroatoms. The van der Waals surface area contributed by atoms with Gasteiger partial charge in [-0.1, -0.05) is 48.5 Å². The fourth-order valence-electron chi connectivity index (χ4n) is 6.17. The highest BCUT2D eigenvalue weighted by atomic mass is 19.4. The molecule has 0 radical (unpaired) electrons. The van der Waals surface area contributed by atoms with E-state index in [0.717, 1.165) is 0 Å². The molecule has 1 aliphatic heterocycles. The fraction of sp³-hybridized carbons (Fsp3) is 0.636. The molecule has 2 N–H and O–H groups in total. The van der Waals surface area contributed by atoms with E-state index in [1.165, 1.54) is 0 Å². The number of rotatable bonds is 17.